The van der Waals surface area contributed by atoms with E-state index in [2.05, 4.69) is 67.7 Å². The lowest BCUT2D eigenvalue weighted by molar-refractivity contribution is 0.0410. The minimum absolute atomic E-state index is 0.169. The van der Waals surface area contributed by atoms with Crippen LogP contribution >= 0.6 is 0 Å². The molecule has 0 saturated heterocycles. The first-order valence-electron chi connectivity index (χ1n) is 7.73. The zero-order valence-electron chi connectivity index (χ0n) is 12.8. The Bertz CT molecular complexity index is 591. The van der Waals surface area contributed by atoms with Gasteiger partial charge in [-0.25, -0.2) is 0 Å². The molecule has 0 aromatic heterocycles. The molecule has 1 aliphatic heterocycles. The van der Waals surface area contributed by atoms with Gasteiger partial charge < -0.3 is 10.1 Å². The molecule has 1 unspecified atom stereocenters. The molecule has 2 nitrogen and oxygen atoms in total. The average Bonchev–Trinajstić information content (AvgIpc) is 2.53. The third-order valence-corrected chi connectivity index (χ3v) is 4.28. The highest BCUT2D eigenvalue weighted by Crippen LogP contribution is 2.27. The molecule has 0 aliphatic carbocycles. The van der Waals surface area contributed by atoms with Gasteiger partial charge in [-0.1, -0.05) is 54.1 Å². The molecule has 21 heavy (non-hydrogen) atoms. The lowest BCUT2D eigenvalue weighted by Gasteiger charge is -2.27. The zero-order chi connectivity index (χ0) is 14.7. The Morgan fingerprint density at radius 1 is 1.14 bits per heavy atom. The molecule has 1 N–H and O–H groups in total. The number of ether oxygens (including phenoxy) is 1. The number of hydrogen-bond acceptors (Lipinski definition) is 2. The maximum Gasteiger partial charge on any atom is 0.0952 e. The van der Waals surface area contributed by atoms with Crippen molar-refractivity contribution in [3.05, 3.63) is 70.8 Å². The van der Waals surface area contributed by atoms with Crippen molar-refractivity contribution in [3.8, 4) is 0 Å². The molecule has 0 radical (unpaired) electrons. The summed E-state index contributed by atoms with van der Waals surface area (Å²) in [5.41, 5.74) is 5.39. The van der Waals surface area contributed by atoms with Gasteiger partial charge >= 0.3 is 0 Å². The van der Waals surface area contributed by atoms with E-state index in [0.717, 1.165) is 19.6 Å². The molecule has 1 aliphatic rings. The van der Waals surface area contributed by atoms with Crippen molar-refractivity contribution in [1.82, 2.24) is 5.32 Å². The van der Waals surface area contributed by atoms with Gasteiger partial charge in [0.1, 0.15) is 0 Å². The van der Waals surface area contributed by atoms with Gasteiger partial charge in [0.25, 0.3) is 0 Å². The molecule has 2 aromatic rings. The predicted octanol–water partition coefficient (Wildman–Crippen LogP) is 3.96. The van der Waals surface area contributed by atoms with Gasteiger partial charge in [-0.2, -0.15) is 0 Å². The Hall–Kier alpha value is -1.64. The highest BCUT2D eigenvalue weighted by atomic mass is 16.5. The summed E-state index contributed by atoms with van der Waals surface area (Å²) in [4.78, 5) is 0. The van der Waals surface area contributed by atoms with Crippen LogP contribution < -0.4 is 5.32 Å². The molecule has 0 amide bonds. The van der Waals surface area contributed by atoms with Gasteiger partial charge in [-0.05, 0) is 37.0 Å². The van der Waals surface area contributed by atoms with Crippen LogP contribution in [0, 0.1) is 6.92 Å². The van der Waals surface area contributed by atoms with Crippen molar-refractivity contribution in [2.75, 3.05) is 13.2 Å². The molecule has 1 heterocycles. The zero-order valence-corrected chi connectivity index (χ0v) is 12.8. The van der Waals surface area contributed by atoms with E-state index in [1.165, 1.54) is 22.3 Å². The molecule has 3 rings (SSSR count). The van der Waals surface area contributed by atoms with Crippen LogP contribution in [0.25, 0.3) is 0 Å². The highest BCUT2D eigenvalue weighted by molar-refractivity contribution is 5.31. The molecule has 0 fully saturated rings. The molecule has 110 valence electrons. The number of nitrogens with one attached hydrogen (secondary N) is 1. The second-order valence-electron chi connectivity index (χ2n) is 5.85. The van der Waals surface area contributed by atoms with Crippen molar-refractivity contribution in [2.45, 2.75) is 32.4 Å². The summed E-state index contributed by atoms with van der Waals surface area (Å²) in [5.74, 6) is 0. The first-order chi connectivity index (χ1) is 10.2. The molecular weight excluding hydrogens is 258 g/mol. The topological polar surface area (TPSA) is 21.3 Å². The highest BCUT2D eigenvalue weighted by Gasteiger charge is 2.20. The third kappa shape index (κ3) is 3.34. The van der Waals surface area contributed by atoms with E-state index in [4.69, 9.17) is 4.74 Å². The van der Waals surface area contributed by atoms with Crippen LogP contribution in [0.3, 0.4) is 0 Å². The summed E-state index contributed by atoms with van der Waals surface area (Å²) < 4.78 is 5.95. The SMILES string of the molecule is Cc1ccc([C@H](C)NCC2OCCc3ccccc32)cc1. The van der Waals surface area contributed by atoms with Crippen molar-refractivity contribution in [2.24, 2.45) is 0 Å². The summed E-state index contributed by atoms with van der Waals surface area (Å²) in [5, 5.41) is 3.60. The number of benzene rings is 2. The summed E-state index contributed by atoms with van der Waals surface area (Å²) >= 11 is 0. The Kier molecular flexibility index (Phi) is 4.37. The second-order valence-corrected chi connectivity index (χ2v) is 5.85. The first-order valence-corrected chi connectivity index (χ1v) is 7.73. The van der Waals surface area contributed by atoms with Gasteiger partial charge in [0.2, 0.25) is 0 Å². The monoisotopic (exact) mass is 281 g/mol. The maximum atomic E-state index is 5.95. The fraction of sp³-hybridized carbons (Fsp3) is 0.368. The van der Waals surface area contributed by atoms with Crippen LogP contribution in [0.2, 0.25) is 0 Å². The van der Waals surface area contributed by atoms with E-state index >= 15 is 0 Å². The van der Waals surface area contributed by atoms with Crippen molar-refractivity contribution in [3.63, 3.8) is 0 Å². The molecule has 2 heteroatoms. The molecule has 2 aromatic carbocycles. The van der Waals surface area contributed by atoms with Crippen LogP contribution in [0.1, 0.15) is 41.3 Å². The smallest absolute Gasteiger partial charge is 0.0952 e. The van der Waals surface area contributed by atoms with Crippen LogP contribution in [0.5, 0.6) is 0 Å². The van der Waals surface area contributed by atoms with Gasteiger partial charge in [-0.15, -0.1) is 0 Å². The van der Waals surface area contributed by atoms with Crippen LogP contribution in [0.4, 0.5) is 0 Å². The van der Waals surface area contributed by atoms with Gasteiger partial charge in [0.15, 0.2) is 0 Å². The van der Waals surface area contributed by atoms with Gasteiger partial charge in [0.05, 0.1) is 12.7 Å². The number of hydrogen-bond donors (Lipinski definition) is 1. The fourth-order valence-corrected chi connectivity index (χ4v) is 2.90. The summed E-state index contributed by atoms with van der Waals surface area (Å²) in [6.45, 7) is 6.00. The van der Waals surface area contributed by atoms with Crippen LogP contribution in [-0.4, -0.2) is 13.2 Å². The maximum absolute atomic E-state index is 5.95. The third-order valence-electron chi connectivity index (χ3n) is 4.28. The van der Waals surface area contributed by atoms with E-state index < -0.39 is 0 Å². The van der Waals surface area contributed by atoms with Crippen LogP contribution in [-0.2, 0) is 11.2 Å². The molecule has 0 saturated carbocycles. The Labute approximate surface area is 127 Å². The average molecular weight is 281 g/mol. The lowest BCUT2D eigenvalue weighted by atomic mass is 9.97. The quantitative estimate of drug-likeness (QED) is 0.916. The standard InChI is InChI=1S/C19H23NO/c1-14-7-9-16(10-8-14)15(2)20-13-19-18-6-4-3-5-17(18)11-12-21-19/h3-10,15,19-20H,11-13H2,1-2H3/t15-,19?/m0/s1. The fourth-order valence-electron chi connectivity index (χ4n) is 2.90. The number of aryl methyl sites for hydroxylation is 1. The second kappa shape index (κ2) is 6.42. The van der Waals surface area contributed by atoms with E-state index in [0.29, 0.717) is 6.04 Å². The summed E-state index contributed by atoms with van der Waals surface area (Å²) in [6.07, 6.45) is 1.20. The van der Waals surface area contributed by atoms with E-state index in [-0.39, 0.29) is 6.10 Å². The van der Waals surface area contributed by atoms with E-state index in [1.807, 2.05) is 0 Å². The molecular formula is C19H23NO. The number of fused-ring (bicyclic) bond motifs is 1. The van der Waals surface area contributed by atoms with E-state index in [9.17, 15) is 0 Å². The summed E-state index contributed by atoms with van der Waals surface area (Å²) in [7, 11) is 0. The summed E-state index contributed by atoms with van der Waals surface area (Å²) in [6, 6.07) is 17.7. The largest absolute Gasteiger partial charge is 0.372 e. The normalized spacial score (nSPS) is 19.0. The molecule has 2 atom stereocenters. The Morgan fingerprint density at radius 3 is 2.71 bits per heavy atom. The van der Waals surface area contributed by atoms with Crippen LogP contribution in [0.15, 0.2) is 48.5 Å². The Morgan fingerprint density at radius 2 is 1.90 bits per heavy atom. The lowest BCUT2D eigenvalue weighted by Crippen LogP contribution is -2.29. The van der Waals surface area contributed by atoms with Crippen molar-refractivity contribution >= 4 is 0 Å². The Balaban J connectivity index is 1.64. The number of rotatable bonds is 4. The molecule has 0 bridgehead atoms. The van der Waals surface area contributed by atoms with Gasteiger partial charge in [-0.3, -0.25) is 0 Å². The van der Waals surface area contributed by atoms with Crippen molar-refractivity contribution < 1.29 is 4.74 Å². The van der Waals surface area contributed by atoms with E-state index in [1.54, 1.807) is 0 Å². The van der Waals surface area contributed by atoms with Crippen molar-refractivity contribution in [1.29, 1.82) is 0 Å². The minimum Gasteiger partial charge on any atom is -0.372 e. The first kappa shape index (κ1) is 14.3. The predicted molar refractivity (Wildman–Crippen MR) is 86.4 cm³/mol. The minimum atomic E-state index is 0.169. The molecule has 0 spiro atoms. The van der Waals surface area contributed by atoms with Gasteiger partial charge in [0, 0.05) is 12.6 Å².